The molecule has 0 spiro atoms. The second-order valence-electron chi connectivity index (χ2n) is 4.93. The molecule has 1 heterocycles. The molecule has 1 aromatic heterocycles. The van der Waals surface area contributed by atoms with Crippen LogP contribution in [0, 0.1) is 0 Å². The summed E-state index contributed by atoms with van der Waals surface area (Å²) >= 11 is 6.06. The molecule has 0 aliphatic carbocycles. The van der Waals surface area contributed by atoms with Gasteiger partial charge in [-0.2, -0.15) is 0 Å². The first-order valence-corrected chi connectivity index (χ1v) is 6.85. The number of hydrogen-bond donors (Lipinski definition) is 2. The van der Waals surface area contributed by atoms with E-state index in [0.717, 1.165) is 5.56 Å². The minimum absolute atomic E-state index is 0.157. The normalized spacial score (nSPS) is 10.8. The van der Waals surface area contributed by atoms with Gasteiger partial charge >= 0.3 is 0 Å². The second kappa shape index (κ2) is 6.01. The molecule has 1 aromatic carbocycles. The SMILES string of the molecule is CC(C)n1cc(N)cc1C(=O)NCc1ccccc1Cl. The quantitative estimate of drug-likeness (QED) is 0.908. The topological polar surface area (TPSA) is 60.0 Å². The van der Waals surface area contributed by atoms with Gasteiger partial charge in [-0.15, -0.1) is 0 Å². The third-order valence-corrected chi connectivity index (χ3v) is 3.42. The molecule has 0 unspecified atom stereocenters. The van der Waals surface area contributed by atoms with Gasteiger partial charge in [0.1, 0.15) is 5.69 Å². The van der Waals surface area contributed by atoms with Gasteiger partial charge in [-0.3, -0.25) is 4.79 Å². The molecule has 1 amide bonds. The average molecular weight is 292 g/mol. The lowest BCUT2D eigenvalue weighted by molar-refractivity contribution is 0.0940. The van der Waals surface area contributed by atoms with E-state index in [2.05, 4.69) is 5.32 Å². The molecule has 0 atom stereocenters. The number of carbonyl (C=O) groups is 1. The third-order valence-electron chi connectivity index (χ3n) is 3.06. The lowest BCUT2D eigenvalue weighted by atomic mass is 10.2. The standard InChI is InChI=1S/C15H18ClN3O/c1-10(2)19-9-12(17)7-14(19)15(20)18-8-11-5-3-4-6-13(11)16/h3-7,9-10H,8,17H2,1-2H3,(H,18,20). The molecule has 0 aliphatic rings. The minimum Gasteiger partial charge on any atom is -0.397 e. The van der Waals surface area contributed by atoms with Crippen molar-refractivity contribution in [3.63, 3.8) is 0 Å². The van der Waals surface area contributed by atoms with Crippen molar-refractivity contribution in [2.45, 2.75) is 26.4 Å². The summed E-state index contributed by atoms with van der Waals surface area (Å²) < 4.78 is 1.86. The van der Waals surface area contributed by atoms with Crippen molar-refractivity contribution in [3.05, 3.63) is 52.8 Å². The predicted molar refractivity (Wildman–Crippen MR) is 81.9 cm³/mol. The Balaban J connectivity index is 2.11. The van der Waals surface area contributed by atoms with E-state index in [1.807, 2.05) is 36.6 Å². The van der Waals surface area contributed by atoms with Crippen LogP contribution in [0.1, 0.15) is 35.9 Å². The van der Waals surface area contributed by atoms with Gasteiger partial charge in [0.15, 0.2) is 0 Å². The molecule has 2 rings (SSSR count). The second-order valence-corrected chi connectivity index (χ2v) is 5.34. The number of anilines is 1. The molecule has 3 N–H and O–H groups in total. The summed E-state index contributed by atoms with van der Waals surface area (Å²) in [5.41, 5.74) is 7.80. The van der Waals surface area contributed by atoms with Crippen LogP contribution in [-0.4, -0.2) is 10.5 Å². The van der Waals surface area contributed by atoms with Crippen LogP contribution < -0.4 is 11.1 Å². The number of rotatable bonds is 4. The average Bonchev–Trinajstić information content (AvgIpc) is 2.80. The molecule has 4 nitrogen and oxygen atoms in total. The number of amides is 1. The van der Waals surface area contributed by atoms with Crippen LogP contribution in [0.15, 0.2) is 36.5 Å². The molecule has 0 radical (unpaired) electrons. The lowest BCUT2D eigenvalue weighted by Gasteiger charge is -2.13. The van der Waals surface area contributed by atoms with Crippen LogP contribution in [0.3, 0.4) is 0 Å². The molecule has 0 saturated carbocycles. The van der Waals surface area contributed by atoms with Gasteiger partial charge in [0.05, 0.1) is 5.69 Å². The smallest absolute Gasteiger partial charge is 0.268 e. The van der Waals surface area contributed by atoms with Gasteiger partial charge in [0, 0.05) is 23.8 Å². The summed E-state index contributed by atoms with van der Waals surface area (Å²) in [7, 11) is 0. The summed E-state index contributed by atoms with van der Waals surface area (Å²) in [6, 6.07) is 9.30. The summed E-state index contributed by atoms with van der Waals surface area (Å²) in [4.78, 5) is 12.2. The lowest BCUT2D eigenvalue weighted by Crippen LogP contribution is -2.25. The number of nitrogens with two attached hydrogens (primary N) is 1. The predicted octanol–water partition coefficient (Wildman–Crippen LogP) is 3.23. The van der Waals surface area contributed by atoms with Gasteiger partial charge in [-0.05, 0) is 31.5 Å². The van der Waals surface area contributed by atoms with Gasteiger partial charge in [-0.1, -0.05) is 29.8 Å². The Labute approximate surface area is 123 Å². The molecule has 2 aromatic rings. The van der Waals surface area contributed by atoms with E-state index < -0.39 is 0 Å². The summed E-state index contributed by atoms with van der Waals surface area (Å²) in [5, 5.41) is 3.51. The third kappa shape index (κ3) is 3.14. The zero-order chi connectivity index (χ0) is 14.7. The number of benzene rings is 1. The van der Waals surface area contributed by atoms with Crippen molar-refractivity contribution in [1.29, 1.82) is 0 Å². The van der Waals surface area contributed by atoms with E-state index in [4.69, 9.17) is 17.3 Å². The highest BCUT2D eigenvalue weighted by Gasteiger charge is 2.14. The van der Waals surface area contributed by atoms with Crippen LogP contribution >= 0.6 is 11.6 Å². The Morgan fingerprint density at radius 3 is 2.75 bits per heavy atom. The maximum absolute atomic E-state index is 12.2. The fourth-order valence-electron chi connectivity index (χ4n) is 2.02. The number of carbonyl (C=O) groups excluding carboxylic acids is 1. The van der Waals surface area contributed by atoms with Crippen molar-refractivity contribution in [2.75, 3.05) is 5.73 Å². The largest absolute Gasteiger partial charge is 0.397 e. The number of halogens is 1. The Morgan fingerprint density at radius 2 is 2.10 bits per heavy atom. The summed E-state index contributed by atoms with van der Waals surface area (Å²) in [6.07, 6.45) is 1.77. The highest BCUT2D eigenvalue weighted by Crippen LogP contribution is 2.17. The monoisotopic (exact) mass is 291 g/mol. The van der Waals surface area contributed by atoms with Crippen molar-refractivity contribution < 1.29 is 4.79 Å². The van der Waals surface area contributed by atoms with E-state index in [0.29, 0.717) is 22.9 Å². The van der Waals surface area contributed by atoms with Gasteiger partial charge in [0.25, 0.3) is 5.91 Å². The molecule has 5 heteroatoms. The molecular formula is C15H18ClN3O. The van der Waals surface area contributed by atoms with E-state index in [9.17, 15) is 4.79 Å². The van der Waals surface area contributed by atoms with Crippen molar-refractivity contribution >= 4 is 23.2 Å². The van der Waals surface area contributed by atoms with Gasteiger partial charge in [0.2, 0.25) is 0 Å². The van der Waals surface area contributed by atoms with Gasteiger partial charge in [-0.25, -0.2) is 0 Å². The number of hydrogen-bond acceptors (Lipinski definition) is 2. The first kappa shape index (κ1) is 14.5. The first-order valence-electron chi connectivity index (χ1n) is 6.48. The number of nitrogens with one attached hydrogen (secondary N) is 1. The van der Waals surface area contributed by atoms with E-state index in [-0.39, 0.29) is 11.9 Å². The highest BCUT2D eigenvalue weighted by atomic mass is 35.5. The fraction of sp³-hybridized carbons (Fsp3) is 0.267. The highest BCUT2D eigenvalue weighted by molar-refractivity contribution is 6.31. The van der Waals surface area contributed by atoms with Gasteiger partial charge < -0.3 is 15.6 Å². The van der Waals surface area contributed by atoms with E-state index in [1.54, 1.807) is 18.3 Å². The zero-order valence-corrected chi connectivity index (χ0v) is 12.3. The van der Waals surface area contributed by atoms with Crippen LogP contribution in [0.2, 0.25) is 5.02 Å². The molecule has 0 aliphatic heterocycles. The van der Waals surface area contributed by atoms with Crippen LogP contribution in [0.5, 0.6) is 0 Å². The van der Waals surface area contributed by atoms with Crippen LogP contribution in [0.25, 0.3) is 0 Å². The maximum atomic E-state index is 12.2. The molecule has 0 saturated heterocycles. The number of aromatic nitrogens is 1. The zero-order valence-electron chi connectivity index (χ0n) is 11.6. The molecule has 106 valence electrons. The molecule has 0 bridgehead atoms. The Hall–Kier alpha value is -1.94. The van der Waals surface area contributed by atoms with Crippen molar-refractivity contribution in [3.8, 4) is 0 Å². The Morgan fingerprint density at radius 1 is 1.40 bits per heavy atom. The molecule has 20 heavy (non-hydrogen) atoms. The summed E-state index contributed by atoms with van der Waals surface area (Å²) in [6.45, 7) is 4.40. The number of nitrogens with zero attached hydrogens (tertiary/aromatic N) is 1. The minimum atomic E-state index is -0.157. The fourth-order valence-corrected chi connectivity index (χ4v) is 2.22. The Bertz CT molecular complexity index is 619. The molecular weight excluding hydrogens is 274 g/mol. The van der Waals surface area contributed by atoms with E-state index >= 15 is 0 Å². The van der Waals surface area contributed by atoms with Crippen LogP contribution in [0.4, 0.5) is 5.69 Å². The molecule has 0 fully saturated rings. The van der Waals surface area contributed by atoms with Crippen LogP contribution in [-0.2, 0) is 6.54 Å². The first-order chi connectivity index (χ1) is 9.49. The van der Waals surface area contributed by atoms with Crippen molar-refractivity contribution in [2.24, 2.45) is 0 Å². The number of nitrogen functional groups attached to an aromatic ring is 1. The Kier molecular flexibility index (Phi) is 4.35. The van der Waals surface area contributed by atoms with E-state index in [1.165, 1.54) is 0 Å². The summed E-state index contributed by atoms with van der Waals surface area (Å²) in [5.74, 6) is -0.157. The maximum Gasteiger partial charge on any atom is 0.268 e. The van der Waals surface area contributed by atoms with Crippen molar-refractivity contribution in [1.82, 2.24) is 9.88 Å².